The summed E-state index contributed by atoms with van der Waals surface area (Å²) in [5.74, 6) is 3.69. The standard InChI is InChI=1S/C48H32N6/c1-5-15-33(16-6-1)34-27-29-38(30-28-34)46-50-45(37-21-11-4-12-22-37)53-48(54-46)42-26-14-24-40(32-42)39-23-13-25-41(31-39)47-51-43(35-17-7-2-8-18-35)49-44(52-47)36-19-9-3-10-20-36/h1-32H. The summed E-state index contributed by atoms with van der Waals surface area (Å²) < 4.78 is 0. The van der Waals surface area contributed by atoms with Crippen molar-refractivity contribution >= 4 is 0 Å². The number of rotatable bonds is 8. The first-order chi connectivity index (χ1) is 26.7. The van der Waals surface area contributed by atoms with Crippen LogP contribution in [0, 0.1) is 0 Å². The van der Waals surface area contributed by atoms with E-state index in [2.05, 4.69) is 72.8 Å². The third kappa shape index (κ3) is 6.92. The SMILES string of the molecule is c1ccc(-c2ccc(-c3nc(-c4ccccc4)nc(-c4cccc(-c5cccc(-c6nc(-c7ccccc7)nc(-c7ccccc7)n6)c5)c4)n3)cc2)cc1. The molecule has 0 aliphatic rings. The minimum absolute atomic E-state index is 0.599. The van der Waals surface area contributed by atoms with Crippen LogP contribution in [0.5, 0.6) is 0 Å². The first kappa shape index (κ1) is 32.5. The largest absolute Gasteiger partial charge is 0.208 e. The number of nitrogens with zero attached hydrogens (tertiary/aromatic N) is 6. The lowest BCUT2D eigenvalue weighted by molar-refractivity contribution is 1.07. The molecule has 0 fully saturated rings. The zero-order valence-electron chi connectivity index (χ0n) is 29.2. The lowest BCUT2D eigenvalue weighted by Crippen LogP contribution is -2.00. The first-order valence-corrected chi connectivity index (χ1v) is 17.8. The molecular formula is C48H32N6. The van der Waals surface area contributed by atoms with E-state index in [0.717, 1.165) is 55.6 Å². The van der Waals surface area contributed by atoms with Gasteiger partial charge in [-0.25, -0.2) is 29.9 Å². The molecule has 2 heterocycles. The van der Waals surface area contributed by atoms with Crippen LogP contribution in [0.2, 0.25) is 0 Å². The molecule has 0 N–H and O–H groups in total. The molecule has 9 aromatic rings. The van der Waals surface area contributed by atoms with Gasteiger partial charge in [0, 0.05) is 33.4 Å². The van der Waals surface area contributed by atoms with E-state index in [9.17, 15) is 0 Å². The van der Waals surface area contributed by atoms with E-state index in [4.69, 9.17) is 29.9 Å². The van der Waals surface area contributed by atoms with Crippen molar-refractivity contribution < 1.29 is 0 Å². The monoisotopic (exact) mass is 692 g/mol. The molecule has 0 aliphatic heterocycles. The molecule has 54 heavy (non-hydrogen) atoms. The summed E-state index contributed by atoms with van der Waals surface area (Å²) >= 11 is 0. The molecule has 0 unspecified atom stereocenters. The van der Waals surface area contributed by atoms with E-state index < -0.39 is 0 Å². The molecule has 0 radical (unpaired) electrons. The molecule has 0 aliphatic carbocycles. The average molecular weight is 693 g/mol. The zero-order chi connectivity index (χ0) is 36.1. The van der Waals surface area contributed by atoms with Gasteiger partial charge in [0.2, 0.25) is 0 Å². The van der Waals surface area contributed by atoms with E-state index >= 15 is 0 Å². The lowest BCUT2D eigenvalue weighted by Gasteiger charge is -2.11. The Balaban J connectivity index is 1.10. The third-order valence-corrected chi connectivity index (χ3v) is 9.19. The fourth-order valence-electron chi connectivity index (χ4n) is 6.41. The minimum Gasteiger partial charge on any atom is -0.208 e. The molecule has 9 rings (SSSR count). The summed E-state index contributed by atoms with van der Waals surface area (Å²) in [6, 6.07) is 65.4. The summed E-state index contributed by atoms with van der Waals surface area (Å²) in [7, 11) is 0. The summed E-state index contributed by atoms with van der Waals surface area (Å²) in [6.07, 6.45) is 0. The molecule has 0 bridgehead atoms. The Morgan fingerprint density at radius 2 is 0.389 bits per heavy atom. The molecule has 0 amide bonds. The molecule has 0 spiro atoms. The van der Waals surface area contributed by atoms with E-state index in [1.807, 2.05) is 121 Å². The molecule has 6 nitrogen and oxygen atoms in total. The van der Waals surface area contributed by atoms with Gasteiger partial charge in [-0.15, -0.1) is 0 Å². The summed E-state index contributed by atoms with van der Waals surface area (Å²) in [6.45, 7) is 0. The van der Waals surface area contributed by atoms with Crippen molar-refractivity contribution in [3.05, 3.63) is 194 Å². The Hall–Kier alpha value is -7.44. The van der Waals surface area contributed by atoms with Crippen LogP contribution in [0.15, 0.2) is 194 Å². The minimum atomic E-state index is 0.599. The molecule has 6 heteroatoms. The predicted molar refractivity (Wildman–Crippen MR) is 217 cm³/mol. The number of hydrogen-bond acceptors (Lipinski definition) is 6. The Labute approximate surface area is 313 Å². The number of hydrogen-bond donors (Lipinski definition) is 0. The summed E-state index contributed by atoms with van der Waals surface area (Å²) in [5.41, 5.74) is 9.82. The predicted octanol–water partition coefficient (Wildman–Crippen LogP) is 11.4. The van der Waals surface area contributed by atoms with Crippen molar-refractivity contribution in [3.8, 4) is 90.6 Å². The highest BCUT2D eigenvalue weighted by Crippen LogP contribution is 2.32. The highest BCUT2D eigenvalue weighted by Gasteiger charge is 2.15. The Bertz CT molecular complexity index is 2630. The fraction of sp³-hybridized carbons (Fsp3) is 0. The van der Waals surface area contributed by atoms with Gasteiger partial charge in [0.25, 0.3) is 0 Å². The fourth-order valence-corrected chi connectivity index (χ4v) is 6.41. The Morgan fingerprint density at radius 3 is 0.741 bits per heavy atom. The van der Waals surface area contributed by atoms with Gasteiger partial charge in [0.05, 0.1) is 0 Å². The van der Waals surface area contributed by atoms with Gasteiger partial charge < -0.3 is 0 Å². The molecule has 2 aromatic heterocycles. The Kier molecular flexibility index (Phi) is 8.81. The van der Waals surface area contributed by atoms with Crippen molar-refractivity contribution in [1.82, 2.24) is 29.9 Å². The van der Waals surface area contributed by atoms with E-state index in [1.54, 1.807) is 0 Å². The van der Waals surface area contributed by atoms with Crippen LogP contribution < -0.4 is 0 Å². The topological polar surface area (TPSA) is 77.3 Å². The maximum Gasteiger partial charge on any atom is 0.164 e. The number of benzene rings is 7. The summed E-state index contributed by atoms with van der Waals surface area (Å²) in [4.78, 5) is 29.7. The Morgan fingerprint density at radius 1 is 0.167 bits per heavy atom. The second-order valence-corrected chi connectivity index (χ2v) is 12.8. The highest BCUT2D eigenvalue weighted by atomic mass is 15.0. The quantitative estimate of drug-likeness (QED) is 0.158. The smallest absolute Gasteiger partial charge is 0.164 e. The highest BCUT2D eigenvalue weighted by molar-refractivity contribution is 5.76. The van der Waals surface area contributed by atoms with Crippen molar-refractivity contribution in [2.75, 3.05) is 0 Å². The van der Waals surface area contributed by atoms with Crippen LogP contribution in [0.25, 0.3) is 90.6 Å². The average Bonchev–Trinajstić information content (AvgIpc) is 3.27. The zero-order valence-corrected chi connectivity index (χ0v) is 29.2. The van der Waals surface area contributed by atoms with Crippen LogP contribution in [-0.4, -0.2) is 29.9 Å². The maximum absolute atomic E-state index is 5.03. The normalized spacial score (nSPS) is 11.0. The number of aromatic nitrogens is 6. The second-order valence-electron chi connectivity index (χ2n) is 12.8. The molecule has 0 atom stereocenters. The van der Waals surface area contributed by atoms with Crippen molar-refractivity contribution in [2.45, 2.75) is 0 Å². The third-order valence-electron chi connectivity index (χ3n) is 9.19. The van der Waals surface area contributed by atoms with E-state index in [0.29, 0.717) is 34.9 Å². The van der Waals surface area contributed by atoms with Crippen LogP contribution >= 0.6 is 0 Å². The molecule has 0 saturated heterocycles. The van der Waals surface area contributed by atoms with Gasteiger partial charge >= 0.3 is 0 Å². The molecule has 7 aromatic carbocycles. The second kappa shape index (κ2) is 14.7. The van der Waals surface area contributed by atoms with Crippen molar-refractivity contribution in [2.24, 2.45) is 0 Å². The molecule has 254 valence electrons. The summed E-state index contributed by atoms with van der Waals surface area (Å²) in [5, 5.41) is 0. The van der Waals surface area contributed by atoms with Gasteiger partial charge in [-0.05, 0) is 34.4 Å². The maximum atomic E-state index is 5.03. The van der Waals surface area contributed by atoms with Crippen LogP contribution in [0.4, 0.5) is 0 Å². The van der Waals surface area contributed by atoms with Gasteiger partial charge in [-0.3, -0.25) is 0 Å². The van der Waals surface area contributed by atoms with E-state index in [-0.39, 0.29) is 0 Å². The molecular weight excluding hydrogens is 661 g/mol. The van der Waals surface area contributed by atoms with Crippen LogP contribution in [0.1, 0.15) is 0 Å². The van der Waals surface area contributed by atoms with Crippen molar-refractivity contribution in [1.29, 1.82) is 0 Å². The van der Waals surface area contributed by atoms with Gasteiger partial charge in [-0.2, -0.15) is 0 Å². The molecule has 0 saturated carbocycles. The van der Waals surface area contributed by atoms with Crippen LogP contribution in [0.3, 0.4) is 0 Å². The van der Waals surface area contributed by atoms with Gasteiger partial charge in [0.15, 0.2) is 34.9 Å². The van der Waals surface area contributed by atoms with Crippen molar-refractivity contribution in [3.63, 3.8) is 0 Å². The van der Waals surface area contributed by atoms with Crippen LogP contribution in [-0.2, 0) is 0 Å². The van der Waals surface area contributed by atoms with E-state index in [1.165, 1.54) is 0 Å². The van der Waals surface area contributed by atoms with Gasteiger partial charge in [0.1, 0.15) is 0 Å². The first-order valence-electron chi connectivity index (χ1n) is 17.8. The van der Waals surface area contributed by atoms with Gasteiger partial charge in [-0.1, -0.05) is 182 Å². The lowest BCUT2D eigenvalue weighted by atomic mass is 10.0.